The first-order valence-electron chi connectivity index (χ1n) is 7.03. The van der Waals surface area contributed by atoms with E-state index in [4.69, 9.17) is 4.74 Å². The number of hydrogen-bond acceptors (Lipinski definition) is 3. The predicted molar refractivity (Wildman–Crippen MR) is 73.8 cm³/mol. The zero-order valence-corrected chi connectivity index (χ0v) is 12.7. The van der Waals surface area contributed by atoms with Crippen LogP contribution in [-0.4, -0.2) is 41.6 Å². The van der Waals surface area contributed by atoms with Gasteiger partial charge in [-0.2, -0.15) is 0 Å². The third-order valence-corrected chi connectivity index (χ3v) is 3.29. The fraction of sp³-hybridized carbons (Fsp3) is 0.857. The third-order valence-electron chi connectivity index (χ3n) is 3.29. The van der Waals surface area contributed by atoms with Crippen molar-refractivity contribution in [3.05, 3.63) is 0 Å². The lowest BCUT2D eigenvalue weighted by atomic mass is 9.97. The van der Waals surface area contributed by atoms with Crippen molar-refractivity contribution < 1.29 is 14.3 Å². The molecule has 1 N–H and O–H groups in total. The van der Waals surface area contributed by atoms with Crippen molar-refractivity contribution in [1.82, 2.24) is 10.2 Å². The van der Waals surface area contributed by atoms with Gasteiger partial charge in [0.1, 0.15) is 11.6 Å². The third kappa shape index (κ3) is 4.40. The largest absolute Gasteiger partial charge is 0.444 e. The molecule has 0 aliphatic carbocycles. The van der Waals surface area contributed by atoms with Crippen LogP contribution < -0.4 is 5.32 Å². The van der Waals surface area contributed by atoms with E-state index in [1.807, 2.05) is 34.6 Å². The second-order valence-corrected chi connectivity index (χ2v) is 6.15. The molecule has 110 valence electrons. The van der Waals surface area contributed by atoms with E-state index in [0.29, 0.717) is 13.1 Å². The number of nitrogens with zero attached hydrogens (tertiary/aromatic N) is 1. The summed E-state index contributed by atoms with van der Waals surface area (Å²) in [5.74, 6) is 0.0447. The number of hydrogen-bond donors (Lipinski definition) is 1. The molecule has 5 heteroatoms. The molecule has 0 bridgehead atoms. The molecule has 2 unspecified atom stereocenters. The van der Waals surface area contributed by atoms with Crippen LogP contribution in [0.5, 0.6) is 0 Å². The topological polar surface area (TPSA) is 58.6 Å². The zero-order valence-electron chi connectivity index (χ0n) is 12.7. The van der Waals surface area contributed by atoms with Crippen molar-refractivity contribution in [1.29, 1.82) is 0 Å². The molecule has 1 aliphatic heterocycles. The molecule has 0 aromatic heterocycles. The van der Waals surface area contributed by atoms with E-state index in [9.17, 15) is 9.59 Å². The van der Waals surface area contributed by atoms with Crippen LogP contribution in [0.1, 0.15) is 47.5 Å². The van der Waals surface area contributed by atoms with E-state index < -0.39 is 17.7 Å². The molecule has 0 radical (unpaired) electrons. The fourth-order valence-corrected chi connectivity index (χ4v) is 2.16. The maximum atomic E-state index is 12.3. The molecular formula is C14H26N2O3. The summed E-state index contributed by atoms with van der Waals surface area (Å²) in [5.41, 5.74) is -0.542. The number of rotatable bonds is 2. The van der Waals surface area contributed by atoms with Gasteiger partial charge >= 0.3 is 6.09 Å². The quantitative estimate of drug-likeness (QED) is 0.836. The van der Waals surface area contributed by atoms with Gasteiger partial charge in [-0.3, -0.25) is 9.69 Å². The Morgan fingerprint density at radius 1 is 1.53 bits per heavy atom. The van der Waals surface area contributed by atoms with Crippen LogP contribution in [0, 0.1) is 5.92 Å². The summed E-state index contributed by atoms with van der Waals surface area (Å²) in [6.07, 6.45) is 1.21. The van der Waals surface area contributed by atoms with Crippen LogP contribution in [0.15, 0.2) is 0 Å². The van der Waals surface area contributed by atoms with Gasteiger partial charge in [-0.25, -0.2) is 4.79 Å². The van der Waals surface area contributed by atoms with Crippen LogP contribution >= 0.6 is 0 Å². The first-order valence-corrected chi connectivity index (χ1v) is 7.03. The zero-order chi connectivity index (χ0) is 14.6. The molecule has 1 rings (SSSR count). The average Bonchev–Trinajstić information content (AvgIpc) is 2.48. The van der Waals surface area contributed by atoms with Gasteiger partial charge in [0.15, 0.2) is 0 Å². The summed E-state index contributed by atoms with van der Waals surface area (Å²) in [5, 5.41) is 2.87. The summed E-state index contributed by atoms with van der Waals surface area (Å²) in [7, 11) is 0. The van der Waals surface area contributed by atoms with E-state index in [0.717, 1.165) is 12.8 Å². The van der Waals surface area contributed by atoms with Crippen molar-refractivity contribution >= 4 is 12.0 Å². The monoisotopic (exact) mass is 270 g/mol. The molecule has 1 fully saturated rings. The Kier molecular flexibility index (Phi) is 5.20. The van der Waals surface area contributed by atoms with Gasteiger partial charge in [-0.05, 0) is 33.1 Å². The Labute approximate surface area is 115 Å². The van der Waals surface area contributed by atoms with E-state index in [1.165, 1.54) is 0 Å². The lowest BCUT2D eigenvalue weighted by Gasteiger charge is -2.33. The summed E-state index contributed by atoms with van der Waals surface area (Å²) in [6, 6.07) is -0.428. The van der Waals surface area contributed by atoms with Crippen molar-refractivity contribution in [3.8, 4) is 0 Å². The number of carbonyl (C=O) groups is 2. The molecule has 1 heterocycles. The van der Waals surface area contributed by atoms with Gasteiger partial charge in [-0.15, -0.1) is 0 Å². The van der Waals surface area contributed by atoms with E-state index in [-0.39, 0.29) is 11.8 Å². The Balaban J connectivity index is 2.91. The number of nitrogens with one attached hydrogen (secondary N) is 1. The van der Waals surface area contributed by atoms with Gasteiger partial charge in [0.25, 0.3) is 0 Å². The molecule has 0 saturated carbocycles. The summed E-state index contributed by atoms with van der Waals surface area (Å²) in [6.45, 7) is 10.7. The van der Waals surface area contributed by atoms with Gasteiger partial charge in [0.05, 0.1) is 0 Å². The fourth-order valence-electron chi connectivity index (χ4n) is 2.16. The molecule has 0 aromatic carbocycles. The molecule has 19 heavy (non-hydrogen) atoms. The predicted octanol–water partition coefficient (Wildman–Crippen LogP) is 2.16. The molecule has 0 spiro atoms. The Morgan fingerprint density at radius 3 is 2.68 bits per heavy atom. The number of amides is 2. The highest BCUT2D eigenvalue weighted by Gasteiger charge is 2.36. The van der Waals surface area contributed by atoms with Gasteiger partial charge < -0.3 is 10.1 Å². The number of carbonyl (C=O) groups excluding carboxylic acids is 2. The minimum Gasteiger partial charge on any atom is -0.444 e. The van der Waals surface area contributed by atoms with Crippen LogP contribution in [0.3, 0.4) is 0 Å². The molecule has 0 aromatic rings. The van der Waals surface area contributed by atoms with Crippen molar-refractivity contribution in [2.24, 2.45) is 5.92 Å². The second kappa shape index (κ2) is 6.26. The van der Waals surface area contributed by atoms with Gasteiger partial charge in [0, 0.05) is 13.1 Å². The van der Waals surface area contributed by atoms with Crippen molar-refractivity contribution in [3.63, 3.8) is 0 Å². The molecular weight excluding hydrogens is 244 g/mol. The van der Waals surface area contributed by atoms with Crippen molar-refractivity contribution in [2.45, 2.75) is 59.1 Å². The first-order chi connectivity index (χ1) is 8.76. The normalized spacial score (nSPS) is 22.5. The number of ether oxygens (including phenoxy) is 1. The van der Waals surface area contributed by atoms with Gasteiger partial charge in [0.2, 0.25) is 5.91 Å². The molecule has 1 saturated heterocycles. The second-order valence-electron chi connectivity index (χ2n) is 6.15. The SMILES string of the molecule is CCC(C)C1C(=O)NCCCN1C(=O)OC(C)(C)C. The highest BCUT2D eigenvalue weighted by molar-refractivity contribution is 5.86. The van der Waals surface area contributed by atoms with E-state index in [1.54, 1.807) is 4.90 Å². The lowest BCUT2D eigenvalue weighted by Crippen LogP contribution is -2.51. The highest BCUT2D eigenvalue weighted by atomic mass is 16.6. The first kappa shape index (κ1) is 15.8. The summed E-state index contributed by atoms with van der Waals surface area (Å²) >= 11 is 0. The lowest BCUT2D eigenvalue weighted by molar-refractivity contribution is -0.127. The highest BCUT2D eigenvalue weighted by Crippen LogP contribution is 2.20. The van der Waals surface area contributed by atoms with Crippen LogP contribution in [0.25, 0.3) is 0 Å². The van der Waals surface area contributed by atoms with Crippen LogP contribution in [-0.2, 0) is 9.53 Å². The smallest absolute Gasteiger partial charge is 0.410 e. The minimum absolute atomic E-state index is 0.0716. The maximum Gasteiger partial charge on any atom is 0.410 e. The minimum atomic E-state index is -0.542. The molecule has 1 aliphatic rings. The molecule has 2 amide bonds. The average molecular weight is 270 g/mol. The van der Waals surface area contributed by atoms with E-state index in [2.05, 4.69) is 5.32 Å². The van der Waals surface area contributed by atoms with E-state index >= 15 is 0 Å². The van der Waals surface area contributed by atoms with Crippen LogP contribution in [0.2, 0.25) is 0 Å². The van der Waals surface area contributed by atoms with Gasteiger partial charge in [-0.1, -0.05) is 20.3 Å². The molecule has 2 atom stereocenters. The van der Waals surface area contributed by atoms with Crippen LogP contribution in [0.4, 0.5) is 4.79 Å². The summed E-state index contributed by atoms with van der Waals surface area (Å²) < 4.78 is 5.41. The molecule has 5 nitrogen and oxygen atoms in total. The Bertz CT molecular complexity index is 336. The standard InChI is InChI=1S/C14H26N2O3/c1-6-10(2)11-12(17)15-8-7-9-16(11)13(18)19-14(3,4)5/h10-11H,6-9H2,1-5H3,(H,15,17). The Morgan fingerprint density at radius 2 is 2.16 bits per heavy atom. The summed E-state index contributed by atoms with van der Waals surface area (Å²) in [4.78, 5) is 26.0. The maximum absolute atomic E-state index is 12.3. The Hall–Kier alpha value is -1.26. The van der Waals surface area contributed by atoms with Crippen molar-refractivity contribution in [2.75, 3.05) is 13.1 Å².